The highest BCUT2D eigenvalue weighted by molar-refractivity contribution is 5.97. The molecule has 0 aliphatic carbocycles. The highest BCUT2D eigenvalue weighted by atomic mass is 16.5. The van der Waals surface area contributed by atoms with Crippen LogP contribution in [0, 0.1) is 0 Å². The first kappa shape index (κ1) is 15.6. The van der Waals surface area contributed by atoms with Gasteiger partial charge in [-0.2, -0.15) is 5.10 Å². The van der Waals surface area contributed by atoms with Crippen LogP contribution in [-0.4, -0.2) is 36.5 Å². The first-order valence-electron chi connectivity index (χ1n) is 6.68. The van der Waals surface area contributed by atoms with Gasteiger partial charge in [-0.25, -0.2) is 4.68 Å². The Morgan fingerprint density at radius 2 is 2.05 bits per heavy atom. The fraction of sp³-hybridized carbons (Fsp3) is 0.267. The molecule has 0 bridgehead atoms. The number of aromatic nitrogens is 2. The largest absolute Gasteiger partial charge is 0.493 e. The summed E-state index contributed by atoms with van der Waals surface area (Å²) in [5, 5.41) is 6.64. The summed E-state index contributed by atoms with van der Waals surface area (Å²) in [7, 11) is 2.98. The van der Waals surface area contributed by atoms with E-state index in [1.807, 2.05) is 0 Å². The molecule has 0 aliphatic heterocycles. The normalized spacial score (nSPS) is 10.1. The Morgan fingerprint density at radius 1 is 1.23 bits per heavy atom. The van der Waals surface area contributed by atoms with Crippen LogP contribution in [0.15, 0.2) is 41.3 Å². The molecule has 2 aromatic rings. The lowest BCUT2D eigenvalue weighted by Crippen LogP contribution is -2.31. The summed E-state index contributed by atoms with van der Waals surface area (Å²) in [6.07, 6.45) is 1.52. The second-order valence-corrected chi connectivity index (χ2v) is 4.38. The predicted molar refractivity (Wildman–Crippen MR) is 80.4 cm³/mol. The number of hydrogen-bond acceptors (Lipinski definition) is 5. The lowest BCUT2D eigenvalue weighted by atomic mass is 10.1. The Morgan fingerprint density at radius 3 is 2.73 bits per heavy atom. The van der Waals surface area contributed by atoms with E-state index in [1.54, 1.807) is 24.3 Å². The minimum atomic E-state index is -0.306. The van der Waals surface area contributed by atoms with Gasteiger partial charge in [0.15, 0.2) is 11.5 Å². The highest BCUT2D eigenvalue weighted by Gasteiger charge is 2.15. The van der Waals surface area contributed by atoms with Crippen molar-refractivity contribution in [3.63, 3.8) is 0 Å². The molecule has 1 heterocycles. The van der Waals surface area contributed by atoms with Crippen LogP contribution in [-0.2, 0) is 6.54 Å². The molecule has 1 aromatic carbocycles. The number of methoxy groups -OCH3 is 2. The van der Waals surface area contributed by atoms with Gasteiger partial charge in [-0.3, -0.25) is 9.59 Å². The van der Waals surface area contributed by atoms with Crippen LogP contribution in [0.4, 0.5) is 0 Å². The van der Waals surface area contributed by atoms with E-state index in [1.165, 1.54) is 31.2 Å². The number of hydrogen-bond donors (Lipinski definition) is 1. The Labute approximate surface area is 127 Å². The summed E-state index contributed by atoms with van der Waals surface area (Å²) in [4.78, 5) is 23.7. The van der Waals surface area contributed by atoms with Gasteiger partial charge in [0, 0.05) is 18.8 Å². The monoisotopic (exact) mass is 303 g/mol. The van der Waals surface area contributed by atoms with Crippen LogP contribution in [0.1, 0.15) is 10.4 Å². The van der Waals surface area contributed by atoms with Gasteiger partial charge in [-0.05, 0) is 18.2 Å². The third-order valence-corrected chi connectivity index (χ3v) is 3.04. The molecular weight excluding hydrogens is 286 g/mol. The Hall–Kier alpha value is -2.83. The molecule has 0 atom stereocenters. The van der Waals surface area contributed by atoms with Crippen molar-refractivity contribution in [3.8, 4) is 11.5 Å². The van der Waals surface area contributed by atoms with Gasteiger partial charge >= 0.3 is 0 Å². The maximum absolute atomic E-state index is 12.2. The van der Waals surface area contributed by atoms with Crippen LogP contribution in [0.5, 0.6) is 11.5 Å². The first-order chi connectivity index (χ1) is 10.7. The SMILES string of the molecule is COc1cccc(C(=O)NCCn2ncccc2=O)c1OC. The fourth-order valence-corrected chi connectivity index (χ4v) is 1.99. The minimum Gasteiger partial charge on any atom is -0.493 e. The van der Waals surface area contributed by atoms with Crippen molar-refractivity contribution in [2.45, 2.75) is 6.54 Å². The summed E-state index contributed by atoms with van der Waals surface area (Å²) >= 11 is 0. The Bertz CT molecular complexity index is 712. The van der Waals surface area contributed by atoms with E-state index in [9.17, 15) is 9.59 Å². The fourth-order valence-electron chi connectivity index (χ4n) is 1.99. The van der Waals surface area contributed by atoms with Crippen molar-refractivity contribution in [3.05, 3.63) is 52.4 Å². The van der Waals surface area contributed by atoms with E-state index in [4.69, 9.17) is 9.47 Å². The van der Waals surface area contributed by atoms with E-state index in [0.29, 0.717) is 17.1 Å². The van der Waals surface area contributed by atoms with E-state index in [0.717, 1.165) is 0 Å². The second kappa shape index (κ2) is 7.26. The molecule has 7 nitrogen and oxygen atoms in total. The zero-order valence-corrected chi connectivity index (χ0v) is 12.4. The molecule has 0 saturated heterocycles. The molecule has 0 spiro atoms. The maximum Gasteiger partial charge on any atom is 0.266 e. The lowest BCUT2D eigenvalue weighted by Gasteiger charge is -2.12. The van der Waals surface area contributed by atoms with Crippen LogP contribution >= 0.6 is 0 Å². The van der Waals surface area contributed by atoms with Crippen molar-refractivity contribution in [1.82, 2.24) is 15.1 Å². The molecule has 116 valence electrons. The van der Waals surface area contributed by atoms with Gasteiger partial charge < -0.3 is 14.8 Å². The average molecular weight is 303 g/mol. The number of amides is 1. The molecule has 22 heavy (non-hydrogen) atoms. The predicted octanol–water partition coefficient (Wildman–Crippen LogP) is 0.690. The Balaban J connectivity index is 2.04. The van der Waals surface area contributed by atoms with Crippen LogP contribution in [0.2, 0.25) is 0 Å². The molecule has 0 radical (unpaired) electrons. The van der Waals surface area contributed by atoms with Crippen molar-refractivity contribution >= 4 is 5.91 Å². The van der Waals surface area contributed by atoms with Crippen molar-refractivity contribution in [2.24, 2.45) is 0 Å². The number of carbonyl (C=O) groups is 1. The summed E-state index contributed by atoms with van der Waals surface area (Å²) in [6.45, 7) is 0.563. The van der Waals surface area contributed by atoms with Gasteiger partial charge in [0.05, 0.1) is 26.3 Å². The molecule has 7 heteroatoms. The van der Waals surface area contributed by atoms with Crippen LogP contribution in [0.3, 0.4) is 0 Å². The molecule has 0 unspecified atom stereocenters. The number of benzene rings is 1. The van der Waals surface area contributed by atoms with Gasteiger partial charge in [0.1, 0.15) is 0 Å². The van der Waals surface area contributed by atoms with Gasteiger partial charge in [-0.1, -0.05) is 6.07 Å². The smallest absolute Gasteiger partial charge is 0.266 e. The van der Waals surface area contributed by atoms with E-state index >= 15 is 0 Å². The zero-order chi connectivity index (χ0) is 15.9. The topological polar surface area (TPSA) is 82.5 Å². The number of nitrogens with zero attached hydrogens (tertiary/aromatic N) is 2. The molecule has 0 fully saturated rings. The van der Waals surface area contributed by atoms with E-state index in [2.05, 4.69) is 10.4 Å². The minimum absolute atomic E-state index is 0.212. The summed E-state index contributed by atoms with van der Waals surface area (Å²) in [5.41, 5.74) is 0.158. The standard InChI is InChI=1S/C15H17N3O4/c1-21-12-6-3-5-11(14(12)22-2)15(20)16-9-10-18-13(19)7-4-8-17-18/h3-8H,9-10H2,1-2H3,(H,16,20). The Kier molecular flexibility index (Phi) is 5.13. The number of nitrogens with one attached hydrogen (secondary N) is 1. The summed E-state index contributed by atoms with van der Waals surface area (Å²) in [5.74, 6) is 0.549. The number of para-hydroxylation sites is 1. The third kappa shape index (κ3) is 3.43. The van der Waals surface area contributed by atoms with Crippen molar-refractivity contribution < 1.29 is 14.3 Å². The van der Waals surface area contributed by atoms with Crippen LogP contribution in [0.25, 0.3) is 0 Å². The summed E-state index contributed by atoms with van der Waals surface area (Å²) < 4.78 is 11.7. The number of rotatable bonds is 6. The van der Waals surface area contributed by atoms with E-state index in [-0.39, 0.29) is 24.6 Å². The average Bonchev–Trinajstić information content (AvgIpc) is 2.55. The van der Waals surface area contributed by atoms with Crippen molar-refractivity contribution in [2.75, 3.05) is 20.8 Å². The number of carbonyl (C=O) groups excluding carboxylic acids is 1. The molecule has 1 aromatic heterocycles. The van der Waals surface area contributed by atoms with Gasteiger partial charge in [0.2, 0.25) is 0 Å². The number of ether oxygens (including phenoxy) is 2. The summed E-state index contributed by atoms with van der Waals surface area (Å²) in [6, 6.07) is 8.05. The maximum atomic E-state index is 12.2. The van der Waals surface area contributed by atoms with Crippen LogP contribution < -0.4 is 20.3 Å². The molecule has 2 rings (SSSR count). The molecule has 0 saturated carbocycles. The van der Waals surface area contributed by atoms with Crippen molar-refractivity contribution in [1.29, 1.82) is 0 Å². The zero-order valence-electron chi connectivity index (χ0n) is 12.4. The lowest BCUT2D eigenvalue weighted by molar-refractivity contribution is 0.0948. The third-order valence-electron chi connectivity index (χ3n) is 3.04. The first-order valence-corrected chi connectivity index (χ1v) is 6.68. The molecule has 1 amide bonds. The van der Waals surface area contributed by atoms with E-state index < -0.39 is 0 Å². The molecule has 1 N–H and O–H groups in total. The highest BCUT2D eigenvalue weighted by Crippen LogP contribution is 2.30. The second-order valence-electron chi connectivity index (χ2n) is 4.38. The van der Waals surface area contributed by atoms with Gasteiger partial charge in [0.25, 0.3) is 11.5 Å². The van der Waals surface area contributed by atoms with Gasteiger partial charge in [-0.15, -0.1) is 0 Å². The quantitative estimate of drug-likeness (QED) is 0.849. The molecule has 0 aliphatic rings. The molecular formula is C15H17N3O4.